The van der Waals surface area contributed by atoms with Crippen LogP contribution in [0.2, 0.25) is 0 Å². The highest BCUT2D eigenvalue weighted by Crippen LogP contribution is 2.26. The van der Waals surface area contributed by atoms with Gasteiger partial charge in [-0.05, 0) is 46.2 Å². The zero-order valence-corrected chi connectivity index (χ0v) is 12.2. The number of carbonyl (C=O) groups excluding carboxylic acids is 1. The normalized spacial score (nSPS) is 19.1. The molecular formula is C14H23N3O3. The van der Waals surface area contributed by atoms with Gasteiger partial charge in [0.25, 0.3) is 6.01 Å². The fraction of sp³-hybridized carbons (Fsp3) is 0.714. The van der Waals surface area contributed by atoms with E-state index < -0.39 is 5.97 Å². The van der Waals surface area contributed by atoms with E-state index in [0.717, 1.165) is 32.4 Å². The van der Waals surface area contributed by atoms with Gasteiger partial charge in [0.05, 0.1) is 6.61 Å². The highest BCUT2D eigenvalue weighted by molar-refractivity contribution is 5.87. The molecule has 1 aliphatic rings. The summed E-state index contributed by atoms with van der Waals surface area (Å²) in [5, 5.41) is 3.18. The van der Waals surface area contributed by atoms with Crippen molar-refractivity contribution in [2.24, 2.45) is 0 Å². The minimum atomic E-state index is -0.425. The van der Waals surface area contributed by atoms with Gasteiger partial charge in [0.2, 0.25) is 0 Å². The monoisotopic (exact) mass is 281 g/mol. The van der Waals surface area contributed by atoms with Crippen LogP contribution >= 0.6 is 0 Å². The van der Waals surface area contributed by atoms with Gasteiger partial charge in [-0.3, -0.25) is 0 Å². The SMILES string of the molecule is CCOC(=O)c1coc(N2CCCCC2CCNC)n1. The largest absolute Gasteiger partial charge is 0.461 e. The molecule has 0 amide bonds. The summed E-state index contributed by atoms with van der Waals surface area (Å²) < 4.78 is 10.4. The third-order valence-corrected chi connectivity index (χ3v) is 3.58. The molecule has 2 heterocycles. The Kier molecular flexibility index (Phi) is 5.40. The lowest BCUT2D eigenvalue weighted by molar-refractivity contribution is 0.0519. The molecule has 6 nitrogen and oxygen atoms in total. The van der Waals surface area contributed by atoms with Crippen LogP contribution in [0, 0.1) is 0 Å². The summed E-state index contributed by atoms with van der Waals surface area (Å²) in [7, 11) is 1.96. The summed E-state index contributed by atoms with van der Waals surface area (Å²) in [6.07, 6.45) is 5.94. The number of esters is 1. The highest BCUT2D eigenvalue weighted by Gasteiger charge is 2.26. The third kappa shape index (κ3) is 3.50. The molecule has 0 bridgehead atoms. The van der Waals surface area contributed by atoms with E-state index in [1.807, 2.05) is 7.05 Å². The Morgan fingerprint density at radius 1 is 1.60 bits per heavy atom. The van der Waals surface area contributed by atoms with Gasteiger partial charge >= 0.3 is 5.97 Å². The summed E-state index contributed by atoms with van der Waals surface area (Å²) in [5.41, 5.74) is 0.250. The first-order chi connectivity index (χ1) is 9.76. The van der Waals surface area contributed by atoms with Crippen molar-refractivity contribution in [3.8, 4) is 0 Å². The van der Waals surface area contributed by atoms with Crippen LogP contribution in [-0.4, -0.2) is 43.7 Å². The smallest absolute Gasteiger partial charge is 0.360 e. The molecule has 1 aromatic rings. The van der Waals surface area contributed by atoms with Gasteiger partial charge in [-0.1, -0.05) is 0 Å². The highest BCUT2D eigenvalue weighted by atomic mass is 16.5. The van der Waals surface area contributed by atoms with Gasteiger partial charge in [0, 0.05) is 12.6 Å². The maximum absolute atomic E-state index is 11.6. The maximum Gasteiger partial charge on any atom is 0.360 e. The minimum absolute atomic E-state index is 0.250. The van der Waals surface area contributed by atoms with Gasteiger partial charge in [0.15, 0.2) is 5.69 Å². The van der Waals surface area contributed by atoms with Gasteiger partial charge in [-0.2, -0.15) is 4.98 Å². The second-order valence-electron chi connectivity index (χ2n) is 4.97. The average Bonchev–Trinajstić information content (AvgIpc) is 2.95. The Bertz CT molecular complexity index is 433. The standard InChI is InChI=1S/C14H23N3O3/c1-3-19-13(18)12-10-20-14(16-12)17-9-5-4-6-11(17)7-8-15-2/h10-11,15H,3-9H2,1-2H3. The lowest BCUT2D eigenvalue weighted by atomic mass is 10.00. The van der Waals surface area contributed by atoms with Crippen molar-refractivity contribution in [1.82, 2.24) is 10.3 Å². The molecule has 0 aromatic carbocycles. The maximum atomic E-state index is 11.6. The second-order valence-corrected chi connectivity index (χ2v) is 4.97. The Morgan fingerprint density at radius 2 is 2.45 bits per heavy atom. The average molecular weight is 281 g/mol. The number of nitrogens with one attached hydrogen (secondary N) is 1. The fourth-order valence-corrected chi connectivity index (χ4v) is 2.56. The van der Waals surface area contributed by atoms with Crippen LogP contribution in [0.25, 0.3) is 0 Å². The molecule has 2 rings (SSSR count). The van der Waals surface area contributed by atoms with E-state index in [-0.39, 0.29) is 5.69 Å². The Hall–Kier alpha value is -1.56. The van der Waals surface area contributed by atoms with Crippen molar-refractivity contribution in [2.75, 3.05) is 31.6 Å². The molecule has 1 unspecified atom stereocenters. The zero-order chi connectivity index (χ0) is 14.4. The molecule has 1 aromatic heterocycles. The molecule has 1 atom stereocenters. The first-order valence-electron chi connectivity index (χ1n) is 7.30. The quantitative estimate of drug-likeness (QED) is 0.802. The topological polar surface area (TPSA) is 67.6 Å². The number of ether oxygens (including phenoxy) is 1. The predicted molar refractivity (Wildman–Crippen MR) is 76.0 cm³/mol. The van der Waals surface area contributed by atoms with Crippen LogP contribution in [-0.2, 0) is 4.74 Å². The Labute approximate surface area is 119 Å². The van der Waals surface area contributed by atoms with E-state index >= 15 is 0 Å². The van der Waals surface area contributed by atoms with Crippen molar-refractivity contribution in [3.05, 3.63) is 12.0 Å². The molecule has 6 heteroatoms. The molecule has 0 radical (unpaired) electrons. The van der Waals surface area contributed by atoms with Gasteiger partial charge in [0.1, 0.15) is 6.26 Å². The summed E-state index contributed by atoms with van der Waals surface area (Å²) in [4.78, 5) is 18.1. The van der Waals surface area contributed by atoms with Crippen molar-refractivity contribution < 1.29 is 13.9 Å². The van der Waals surface area contributed by atoms with Crippen LogP contribution in [0.5, 0.6) is 0 Å². The molecule has 0 saturated carbocycles. The number of anilines is 1. The van der Waals surface area contributed by atoms with Crippen LogP contribution in [0.3, 0.4) is 0 Å². The number of nitrogens with zero attached hydrogens (tertiary/aromatic N) is 2. The molecule has 0 spiro atoms. The van der Waals surface area contributed by atoms with Crippen LogP contribution < -0.4 is 10.2 Å². The lowest BCUT2D eigenvalue weighted by Crippen LogP contribution is -2.41. The van der Waals surface area contributed by atoms with Gasteiger partial charge in [-0.15, -0.1) is 0 Å². The van der Waals surface area contributed by atoms with E-state index in [0.29, 0.717) is 18.7 Å². The third-order valence-electron chi connectivity index (χ3n) is 3.58. The van der Waals surface area contributed by atoms with Crippen LogP contribution in [0.1, 0.15) is 43.1 Å². The molecule has 112 valence electrons. The molecule has 1 saturated heterocycles. The molecule has 1 fully saturated rings. The summed E-state index contributed by atoms with van der Waals surface area (Å²) >= 11 is 0. The number of oxazole rings is 1. The lowest BCUT2D eigenvalue weighted by Gasteiger charge is -2.34. The number of hydrogen-bond acceptors (Lipinski definition) is 6. The molecule has 20 heavy (non-hydrogen) atoms. The van der Waals surface area contributed by atoms with E-state index in [2.05, 4.69) is 15.2 Å². The van der Waals surface area contributed by atoms with Gasteiger partial charge < -0.3 is 19.4 Å². The van der Waals surface area contributed by atoms with E-state index in [9.17, 15) is 4.79 Å². The fourth-order valence-electron chi connectivity index (χ4n) is 2.56. The van der Waals surface area contributed by atoms with E-state index in [1.165, 1.54) is 12.7 Å². The van der Waals surface area contributed by atoms with Crippen molar-refractivity contribution in [1.29, 1.82) is 0 Å². The van der Waals surface area contributed by atoms with E-state index in [4.69, 9.17) is 9.15 Å². The van der Waals surface area contributed by atoms with E-state index in [1.54, 1.807) is 6.92 Å². The first kappa shape index (κ1) is 14.8. The Balaban J connectivity index is 2.06. The molecular weight excluding hydrogens is 258 g/mol. The Morgan fingerprint density at radius 3 is 3.20 bits per heavy atom. The second kappa shape index (κ2) is 7.28. The predicted octanol–water partition coefficient (Wildman–Crippen LogP) is 1.82. The summed E-state index contributed by atoms with van der Waals surface area (Å²) in [5.74, 6) is -0.425. The summed E-state index contributed by atoms with van der Waals surface area (Å²) in [6, 6.07) is 0.957. The van der Waals surface area contributed by atoms with Gasteiger partial charge in [-0.25, -0.2) is 4.79 Å². The number of aromatic nitrogens is 1. The number of rotatable bonds is 6. The van der Waals surface area contributed by atoms with Crippen LogP contribution in [0.4, 0.5) is 6.01 Å². The minimum Gasteiger partial charge on any atom is -0.461 e. The number of piperidine rings is 1. The van der Waals surface area contributed by atoms with Crippen LogP contribution in [0.15, 0.2) is 10.7 Å². The van der Waals surface area contributed by atoms with Crippen molar-refractivity contribution in [2.45, 2.75) is 38.6 Å². The summed E-state index contributed by atoms with van der Waals surface area (Å²) in [6.45, 7) is 4.01. The number of hydrogen-bond donors (Lipinski definition) is 1. The molecule has 1 aliphatic heterocycles. The molecule has 0 aliphatic carbocycles. The molecule has 1 N–H and O–H groups in total. The zero-order valence-electron chi connectivity index (χ0n) is 12.2. The number of carbonyl (C=O) groups is 1. The first-order valence-corrected chi connectivity index (χ1v) is 7.30. The van der Waals surface area contributed by atoms with Crippen molar-refractivity contribution >= 4 is 12.0 Å². The van der Waals surface area contributed by atoms with Crippen molar-refractivity contribution in [3.63, 3.8) is 0 Å².